The lowest BCUT2D eigenvalue weighted by Gasteiger charge is -2.06. The van der Waals surface area contributed by atoms with E-state index < -0.39 is 0 Å². The highest BCUT2D eigenvalue weighted by Crippen LogP contribution is 2.17. The molecule has 0 aliphatic carbocycles. The molecule has 120 valence electrons. The number of hydrogen-bond donors (Lipinski definition) is 1. The van der Waals surface area contributed by atoms with Gasteiger partial charge in [-0.25, -0.2) is 4.98 Å². The van der Waals surface area contributed by atoms with Crippen LogP contribution in [0.4, 0.5) is 0 Å². The molecular weight excluding hydrogens is 368 g/mol. The van der Waals surface area contributed by atoms with Crippen LogP contribution >= 0.6 is 15.9 Å². The second-order valence-electron chi connectivity index (χ2n) is 5.28. The summed E-state index contributed by atoms with van der Waals surface area (Å²) in [5.74, 6) is -0.212. The molecule has 0 bridgehead atoms. The Kier molecular flexibility index (Phi) is 4.96. The Hall–Kier alpha value is -2.60. The SMILES string of the molecule is Cc1cc(-c2ccc(CNC(=O)c3ccc(Br)cn3)cn2)ccn1. The van der Waals surface area contributed by atoms with Crippen LogP contribution in [0.5, 0.6) is 0 Å². The Balaban J connectivity index is 1.64. The molecule has 0 radical (unpaired) electrons. The van der Waals surface area contributed by atoms with E-state index in [1.165, 1.54) is 0 Å². The van der Waals surface area contributed by atoms with E-state index in [0.29, 0.717) is 12.2 Å². The first-order valence-corrected chi connectivity index (χ1v) is 8.19. The van der Waals surface area contributed by atoms with Gasteiger partial charge in [0.25, 0.3) is 5.91 Å². The first-order valence-electron chi connectivity index (χ1n) is 7.39. The number of nitrogens with one attached hydrogen (secondary N) is 1. The van der Waals surface area contributed by atoms with Crippen molar-refractivity contribution in [3.05, 3.63) is 76.4 Å². The normalized spacial score (nSPS) is 10.4. The number of carbonyl (C=O) groups is 1. The van der Waals surface area contributed by atoms with E-state index in [-0.39, 0.29) is 5.91 Å². The van der Waals surface area contributed by atoms with Gasteiger partial charge in [0.1, 0.15) is 5.69 Å². The lowest BCUT2D eigenvalue weighted by Crippen LogP contribution is -2.23. The molecule has 1 amide bonds. The largest absolute Gasteiger partial charge is 0.347 e. The molecule has 0 fully saturated rings. The van der Waals surface area contributed by atoms with E-state index in [0.717, 1.165) is 27.0 Å². The van der Waals surface area contributed by atoms with Crippen LogP contribution in [0.2, 0.25) is 0 Å². The molecule has 0 aliphatic rings. The van der Waals surface area contributed by atoms with Gasteiger partial charge < -0.3 is 5.32 Å². The molecule has 0 aromatic carbocycles. The minimum atomic E-state index is -0.212. The van der Waals surface area contributed by atoms with Gasteiger partial charge in [-0.2, -0.15) is 0 Å². The van der Waals surface area contributed by atoms with Gasteiger partial charge in [0, 0.05) is 40.9 Å². The Morgan fingerprint density at radius 1 is 1.08 bits per heavy atom. The number of aryl methyl sites for hydroxylation is 1. The predicted molar refractivity (Wildman–Crippen MR) is 95.3 cm³/mol. The van der Waals surface area contributed by atoms with Gasteiger partial charge in [0.15, 0.2) is 0 Å². The van der Waals surface area contributed by atoms with E-state index in [4.69, 9.17) is 0 Å². The Morgan fingerprint density at radius 2 is 1.96 bits per heavy atom. The van der Waals surface area contributed by atoms with Gasteiger partial charge in [-0.3, -0.25) is 14.8 Å². The quantitative estimate of drug-likeness (QED) is 0.749. The second kappa shape index (κ2) is 7.31. The molecule has 3 heterocycles. The van der Waals surface area contributed by atoms with Crippen LogP contribution in [0.25, 0.3) is 11.3 Å². The Morgan fingerprint density at radius 3 is 2.62 bits per heavy atom. The maximum absolute atomic E-state index is 12.0. The number of aromatic nitrogens is 3. The average molecular weight is 383 g/mol. The molecule has 3 aromatic rings. The fourth-order valence-electron chi connectivity index (χ4n) is 2.19. The molecule has 3 aromatic heterocycles. The van der Waals surface area contributed by atoms with Crippen molar-refractivity contribution in [2.24, 2.45) is 0 Å². The summed E-state index contributed by atoms with van der Waals surface area (Å²) in [5, 5.41) is 2.84. The third-order valence-electron chi connectivity index (χ3n) is 3.43. The maximum Gasteiger partial charge on any atom is 0.270 e. The van der Waals surface area contributed by atoms with Gasteiger partial charge in [-0.15, -0.1) is 0 Å². The molecule has 1 N–H and O–H groups in total. The van der Waals surface area contributed by atoms with Crippen molar-refractivity contribution >= 4 is 21.8 Å². The van der Waals surface area contributed by atoms with Crippen molar-refractivity contribution in [1.29, 1.82) is 0 Å². The third kappa shape index (κ3) is 4.02. The summed E-state index contributed by atoms with van der Waals surface area (Å²) in [6, 6.07) is 11.3. The van der Waals surface area contributed by atoms with Gasteiger partial charge in [0.05, 0.1) is 5.69 Å². The van der Waals surface area contributed by atoms with Crippen LogP contribution in [0.15, 0.2) is 59.5 Å². The molecule has 0 aliphatic heterocycles. The fourth-order valence-corrected chi connectivity index (χ4v) is 2.42. The minimum absolute atomic E-state index is 0.212. The van der Waals surface area contributed by atoms with E-state index in [1.807, 2.05) is 31.2 Å². The van der Waals surface area contributed by atoms with Crippen molar-refractivity contribution in [3.8, 4) is 11.3 Å². The topological polar surface area (TPSA) is 67.8 Å². The molecule has 6 heteroatoms. The van der Waals surface area contributed by atoms with E-state index in [9.17, 15) is 4.79 Å². The number of pyridine rings is 3. The molecule has 0 unspecified atom stereocenters. The molecule has 0 spiro atoms. The summed E-state index contributed by atoms with van der Waals surface area (Å²) in [4.78, 5) is 24.7. The zero-order valence-electron chi connectivity index (χ0n) is 13.0. The van der Waals surface area contributed by atoms with E-state index in [1.54, 1.807) is 30.7 Å². The highest BCUT2D eigenvalue weighted by Gasteiger charge is 2.07. The molecule has 5 nitrogen and oxygen atoms in total. The van der Waals surface area contributed by atoms with Crippen molar-refractivity contribution in [2.45, 2.75) is 13.5 Å². The Bertz CT molecular complexity index is 848. The zero-order valence-corrected chi connectivity index (χ0v) is 14.6. The summed E-state index contributed by atoms with van der Waals surface area (Å²) in [5.41, 5.74) is 4.17. The smallest absolute Gasteiger partial charge is 0.270 e. The van der Waals surface area contributed by atoms with Gasteiger partial charge >= 0.3 is 0 Å². The van der Waals surface area contributed by atoms with Gasteiger partial charge in [-0.1, -0.05) is 6.07 Å². The first kappa shape index (κ1) is 16.3. The number of amides is 1. The van der Waals surface area contributed by atoms with E-state index >= 15 is 0 Å². The maximum atomic E-state index is 12.0. The van der Waals surface area contributed by atoms with Crippen molar-refractivity contribution in [3.63, 3.8) is 0 Å². The van der Waals surface area contributed by atoms with Crippen LogP contribution in [-0.4, -0.2) is 20.9 Å². The van der Waals surface area contributed by atoms with Gasteiger partial charge in [-0.05, 0) is 58.7 Å². The molecule has 24 heavy (non-hydrogen) atoms. The van der Waals surface area contributed by atoms with Crippen LogP contribution in [-0.2, 0) is 6.54 Å². The second-order valence-corrected chi connectivity index (χ2v) is 6.20. The summed E-state index contributed by atoms with van der Waals surface area (Å²) < 4.78 is 0.838. The van der Waals surface area contributed by atoms with Crippen molar-refractivity contribution < 1.29 is 4.79 Å². The van der Waals surface area contributed by atoms with Crippen LogP contribution in [0, 0.1) is 6.92 Å². The number of halogens is 1. The summed E-state index contributed by atoms with van der Waals surface area (Å²) in [6.45, 7) is 2.35. The highest BCUT2D eigenvalue weighted by molar-refractivity contribution is 9.10. The minimum Gasteiger partial charge on any atom is -0.347 e. The summed E-state index contributed by atoms with van der Waals surface area (Å²) in [6.07, 6.45) is 5.13. The number of carbonyl (C=O) groups excluding carboxylic acids is 1. The van der Waals surface area contributed by atoms with E-state index in [2.05, 4.69) is 36.2 Å². The average Bonchev–Trinajstić information content (AvgIpc) is 2.61. The number of hydrogen-bond acceptors (Lipinski definition) is 4. The standard InChI is InChI=1S/C18H15BrN4O/c1-12-8-14(6-7-20-12)16-4-2-13(9-21-16)10-23-18(24)17-5-3-15(19)11-22-17/h2-9,11H,10H2,1H3,(H,23,24). The summed E-state index contributed by atoms with van der Waals surface area (Å²) in [7, 11) is 0. The molecule has 0 atom stereocenters. The van der Waals surface area contributed by atoms with Crippen molar-refractivity contribution in [1.82, 2.24) is 20.3 Å². The molecule has 0 saturated heterocycles. The third-order valence-corrected chi connectivity index (χ3v) is 3.90. The lowest BCUT2D eigenvalue weighted by molar-refractivity contribution is 0.0946. The lowest BCUT2D eigenvalue weighted by atomic mass is 10.1. The highest BCUT2D eigenvalue weighted by atomic mass is 79.9. The molecule has 0 saturated carbocycles. The van der Waals surface area contributed by atoms with Crippen LogP contribution in [0.1, 0.15) is 21.7 Å². The molecule has 3 rings (SSSR count). The van der Waals surface area contributed by atoms with Crippen LogP contribution in [0.3, 0.4) is 0 Å². The Labute approximate surface area is 148 Å². The van der Waals surface area contributed by atoms with Crippen LogP contribution < -0.4 is 5.32 Å². The van der Waals surface area contributed by atoms with Crippen molar-refractivity contribution in [2.75, 3.05) is 0 Å². The first-order chi connectivity index (χ1) is 11.6. The monoisotopic (exact) mass is 382 g/mol. The fraction of sp³-hybridized carbons (Fsp3) is 0.111. The zero-order chi connectivity index (χ0) is 16.9. The molecular formula is C18H15BrN4O. The number of rotatable bonds is 4. The van der Waals surface area contributed by atoms with Gasteiger partial charge in [0.2, 0.25) is 0 Å². The summed E-state index contributed by atoms with van der Waals surface area (Å²) >= 11 is 3.29. The number of nitrogens with zero attached hydrogens (tertiary/aromatic N) is 3. The predicted octanol–water partition coefficient (Wildman–Crippen LogP) is 3.54.